The molecule has 1 fully saturated rings. The largest absolute Gasteiger partial charge is 0.308 e. The lowest BCUT2D eigenvalue weighted by molar-refractivity contribution is 0.0708. The maximum absolute atomic E-state index is 12.9. The van der Waals surface area contributed by atoms with Crippen LogP contribution in [0.15, 0.2) is 17.2 Å². The molecule has 0 N–H and O–H groups in total. The van der Waals surface area contributed by atoms with Gasteiger partial charge >= 0.3 is 0 Å². The molecule has 1 saturated heterocycles. The van der Waals surface area contributed by atoms with Crippen molar-refractivity contribution in [1.82, 2.24) is 19.1 Å². The van der Waals surface area contributed by atoms with Gasteiger partial charge in [0.25, 0.3) is 0 Å². The van der Waals surface area contributed by atoms with Crippen LogP contribution in [0.4, 0.5) is 0 Å². The fourth-order valence-corrected chi connectivity index (χ4v) is 4.86. The van der Waals surface area contributed by atoms with E-state index in [4.69, 9.17) is 23.2 Å². The molecule has 1 aliphatic rings. The summed E-state index contributed by atoms with van der Waals surface area (Å²) in [5.41, 5.74) is 0. The van der Waals surface area contributed by atoms with Crippen LogP contribution < -0.4 is 0 Å². The van der Waals surface area contributed by atoms with Crippen LogP contribution in [-0.4, -0.2) is 79.9 Å². The Labute approximate surface area is 154 Å². The lowest BCUT2D eigenvalue weighted by atomic mass is 10.1. The minimum atomic E-state index is -3.63. The fraction of sp³-hybridized carbons (Fsp3) is 0.667. The van der Waals surface area contributed by atoms with Crippen molar-refractivity contribution in [2.24, 2.45) is 0 Å². The van der Waals surface area contributed by atoms with Crippen molar-refractivity contribution in [3.05, 3.63) is 22.4 Å². The molecule has 2 unspecified atom stereocenters. The number of hydrogen-bond donors (Lipinski definition) is 0. The Bertz CT molecular complexity index is 672. The van der Waals surface area contributed by atoms with Crippen molar-refractivity contribution in [2.45, 2.75) is 30.8 Å². The maximum Gasteiger partial charge on any atom is 0.244 e. The number of aromatic nitrogens is 1. The smallest absolute Gasteiger partial charge is 0.244 e. The summed E-state index contributed by atoms with van der Waals surface area (Å²) < 4.78 is 27.3. The third-order valence-electron chi connectivity index (χ3n) is 4.28. The quantitative estimate of drug-likeness (QED) is 0.715. The second kappa shape index (κ2) is 7.85. The van der Waals surface area contributed by atoms with Gasteiger partial charge in [0.05, 0.1) is 5.02 Å². The van der Waals surface area contributed by atoms with E-state index in [-0.39, 0.29) is 27.2 Å². The number of nitrogens with zero attached hydrogens (tertiary/aromatic N) is 4. The molecule has 0 radical (unpaired) electrons. The standard InChI is InChI=1S/C15H24Cl2N4O2S/c1-11-9-20(10-12(2)21(11)6-5-19(3)4)24(22,23)13-7-14(16)15(17)18-8-13/h7-8,11-12H,5-6,9-10H2,1-4H3. The Morgan fingerprint density at radius 2 is 1.83 bits per heavy atom. The Hall–Kier alpha value is -0.440. The summed E-state index contributed by atoms with van der Waals surface area (Å²) in [5.74, 6) is 0. The molecule has 0 saturated carbocycles. The van der Waals surface area contributed by atoms with Crippen molar-refractivity contribution in [3.63, 3.8) is 0 Å². The highest BCUT2D eigenvalue weighted by Crippen LogP contribution is 2.26. The topological polar surface area (TPSA) is 56.8 Å². The molecule has 1 aliphatic heterocycles. The molecule has 2 heterocycles. The number of sulfonamides is 1. The van der Waals surface area contributed by atoms with E-state index in [0.717, 1.165) is 13.1 Å². The van der Waals surface area contributed by atoms with Gasteiger partial charge in [-0.1, -0.05) is 23.2 Å². The molecule has 1 aromatic rings. The Balaban J connectivity index is 2.17. The number of likely N-dealkylation sites (N-methyl/N-ethyl adjacent to an activating group) is 1. The molecule has 0 spiro atoms. The first kappa shape index (κ1) is 19.9. The molecule has 6 nitrogen and oxygen atoms in total. The predicted octanol–water partition coefficient (Wildman–Crippen LogP) is 2.03. The van der Waals surface area contributed by atoms with Crippen LogP contribution >= 0.6 is 23.2 Å². The fourth-order valence-electron chi connectivity index (χ4n) is 2.95. The van der Waals surface area contributed by atoms with Gasteiger partial charge in [0.15, 0.2) is 0 Å². The molecular formula is C15H24Cl2N4O2S. The highest BCUT2D eigenvalue weighted by atomic mass is 35.5. The first-order chi connectivity index (χ1) is 11.1. The van der Waals surface area contributed by atoms with Crippen LogP contribution in [0, 0.1) is 0 Å². The van der Waals surface area contributed by atoms with Crippen LogP contribution in [0.5, 0.6) is 0 Å². The average Bonchev–Trinajstić information content (AvgIpc) is 2.48. The van der Waals surface area contributed by atoms with Crippen LogP contribution in [0.3, 0.4) is 0 Å². The van der Waals surface area contributed by atoms with Crippen LogP contribution in [0.2, 0.25) is 10.2 Å². The van der Waals surface area contributed by atoms with Gasteiger partial charge in [0.1, 0.15) is 10.0 Å². The van der Waals surface area contributed by atoms with Crippen molar-refractivity contribution in [3.8, 4) is 0 Å². The number of pyridine rings is 1. The Morgan fingerprint density at radius 3 is 2.33 bits per heavy atom. The van der Waals surface area contributed by atoms with E-state index < -0.39 is 10.0 Å². The van der Waals surface area contributed by atoms with Crippen LogP contribution in [0.1, 0.15) is 13.8 Å². The van der Waals surface area contributed by atoms with Crippen molar-refractivity contribution in [2.75, 3.05) is 40.3 Å². The number of piperazine rings is 1. The van der Waals surface area contributed by atoms with Crippen molar-refractivity contribution >= 4 is 33.2 Å². The maximum atomic E-state index is 12.9. The molecule has 136 valence electrons. The molecule has 0 aliphatic carbocycles. The highest BCUT2D eigenvalue weighted by Gasteiger charge is 2.36. The van der Waals surface area contributed by atoms with E-state index >= 15 is 0 Å². The van der Waals surface area contributed by atoms with Crippen molar-refractivity contribution in [1.29, 1.82) is 0 Å². The van der Waals surface area contributed by atoms with Crippen molar-refractivity contribution < 1.29 is 8.42 Å². The van der Waals surface area contributed by atoms with E-state index in [9.17, 15) is 8.42 Å². The second-order valence-electron chi connectivity index (χ2n) is 6.50. The molecule has 24 heavy (non-hydrogen) atoms. The van der Waals surface area contributed by atoms with Gasteiger partial charge in [-0.3, -0.25) is 4.90 Å². The third kappa shape index (κ3) is 4.39. The minimum absolute atomic E-state index is 0.0815. The van der Waals surface area contributed by atoms with Gasteiger partial charge in [0.2, 0.25) is 10.0 Å². The summed E-state index contributed by atoms with van der Waals surface area (Å²) >= 11 is 11.7. The van der Waals surface area contributed by atoms with Gasteiger partial charge in [-0.05, 0) is 34.0 Å². The number of hydrogen-bond acceptors (Lipinski definition) is 5. The zero-order valence-corrected chi connectivity index (χ0v) is 16.7. The summed E-state index contributed by atoms with van der Waals surface area (Å²) in [6.07, 6.45) is 1.26. The zero-order valence-electron chi connectivity index (χ0n) is 14.4. The lowest BCUT2D eigenvalue weighted by Gasteiger charge is -2.44. The minimum Gasteiger partial charge on any atom is -0.308 e. The predicted molar refractivity (Wildman–Crippen MR) is 97.2 cm³/mol. The Morgan fingerprint density at radius 1 is 1.25 bits per heavy atom. The van der Waals surface area contributed by atoms with Gasteiger partial charge in [-0.25, -0.2) is 13.4 Å². The number of halogens is 2. The third-order valence-corrected chi connectivity index (χ3v) is 6.77. The lowest BCUT2D eigenvalue weighted by Crippen LogP contribution is -2.58. The second-order valence-corrected chi connectivity index (χ2v) is 9.21. The Kier molecular flexibility index (Phi) is 6.50. The van der Waals surface area contributed by atoms with E-state index in [1.165, 1.54) is 16.6 Å². The molecule has 9 heteroatoms. The van der Waals surface area contributed by atoms with Gasteiger partial charge in [-0.15, -0.1) is 0 Å². The first-order valence-electron chi connectivity index (χ1n) is 7.84. The SMILES string of the molecule is CC1CN(S(=O)(=O)c2cnc(Cl)c(Cl)c2)CC(C)N1CCN(C)C. The van der Waals surface area contributed by atoms with E-state index in [1.54, 1.807) is 0 Å². The average molecular weight is 395 g/mol. The normalized spacial score (nSPS) is 23.8. The first-order valence-corrected chi connectivity index (χ1v) is 10.0. The summed E-state index contributed by atoms with van der Waals surface area (Å²) in [6, 6.07) is 1.64. The van der Waals surface area contributed by atoms with Gasteiger partial charge in [0, 0.05) is 44.5 Å². The summed E-state index contributed by atoms with van der Waals surface area (Å²) in [5, 5.41) is 0.245. The summed E-state index contributed by atoms with van der Waals surface area (Å²) in [4.78, 5) is 8.41. The molecule has 0 bridgehead atoms. The monoisotopic (exact) mass is 394 g/mol. The van der Waals surface area contributed by atoms with E-state index in [1.807, 2.05) is 14.1 Å². The van der Waals surface area contributed by atoms with Gasteiger partial charge in [-0.2, -0.15) is 4.31 Å². The number of rotatable bonds is 5. The molecule has 2 atom stereocenters. The molecule has 0 aromatic carbocycles. The summed E-state index contributed by atoms with van der Waals surface area (Å²) in [7, 11) is 0.439. The molecule has 2 rings (SSSR count). The van der Waals surface area contributed by atoms with Crippen LogP contribution in [0.25, 0.3) is 0 Å². The summed E-state index contributed by atoms with van der Waals surface area (Å²) in [6.45, 7) is 6.86. The van der Waals surface area contributed by atoms with Crippen LogP contribution in [-0.2, 0) is 10.0 Å². The zero-order chi connectivity index (χ0) is 18.1. The van der Waals surface area contributed by atoms with E-state index in [0.29, 0.717) is 13.1 Å². The molecular weight excluding hydrogens is 371 g/mol. The molecule has 1 aromatic heterocycles. The van der Waals surface area contributed by atoms with Gasteiger partial charge < -0.3 is 4.90 Å². The highest BCUT2D eigenvalue weighted by molar-refractivity contribution is 7.89. The van der Waals surface area contributed by atoms with E-state index in [2.05, 4.69) is 28.6 Å². The molecule has 0 amide bonds.